The van der Waals surface area contributed by atoms with Crippen LogP contribution in [0.4, 0.5) is 0 Å². The summed E-state index contributed by atoms with van der Waals surface area (Å²) in [7, 11) is 0. The van der Waals surface area contributed by atoms with Gasteiger partial charge in [0.05, 0.1) is 22.9 Å². The van der Waals surface area contributed by atoms with Crippen LogP contribution < -0.4 is 0 Å². The van der Waals surface area contributed by atoms with E-state index in [-0.39, 0.29) is 23.7 Å². The molecule has 3 saturated heterocycles. The van der Waals surface area contributed by atoms with Crippen molar-refractivity contribution in [2.75, 3.05) is 0 Å². The minimum absolute atomic E-state index is 0.0124. The molecule has 7 heteroatoms. The predicted molar refractivity (Wildman–Crippen MR) is 89.1 cm³/mol. The monoisotopic (exact) mass is 364 g/mol. The highest BCUT2D eigenvalue weighted by Crippen LogP contribution is 2.56. The molecule has 1 N–H and O–H groups in total. The Bertz CT molecular complexity index is 729. The molecule has 0 aromatic carbocycles. The molecule has 0 amide bonds. The van der Waals surface area contributed by atoms with E-state index in [2.05, 4.69) is 13.2 Å². The summed E-state index contributed by atoms with van der Waals surface area (Å²) in [6, 6.07) is 0. The number of fused-ring (bicyclic) bond motifs is 4. The molecule has 7 atom stereocenters. The molecule has 4 fully saturated rings. The predicted octanol–water partition coefficient (Wildman–Crippen LogP) is 1.19. The van der Waals surface area contributed by atoms with Crippen LogP contribution in [0.15, 0.2) is 24.3 Å². The number of ether oxygens (including phenoxy) is 4. The van der Waals surface area contributed by atoms with Gasteiger partial charge < -0.3 is 24.1 Å². The molecule has 0 spiro atoms. The van der Waals surface area contributed by atoms with Gasteiger partial charge in [-0.25, -0.2) is 9.59 Å². The summed E-state index contributed by atoms with van der Waals surface area (Å²) < 4.78 is 22.6. The lowest BCUT2D eigenvalue weighted by molar-refractivity contribution is -0.169. The van der Waals surface area contributed by atoms with Gasteiger partial charge in [0.1, 0.15) is 12.2 Å². The van der Waals surface area contributed by atoms with Gasteiger partial charge in [0.15, 0.2) is 11.7 Å². The topological polar surface area (TPSA) is 97.9 Å². The highest BCUT2D eigenvalue weighted by molar-refractivity contribution is 5.94. The Morgan fingerprint density at radius 3 is 2.62 bits per heavy atom. The van der Waals surface area contributed by atoms with Gasteiger partial charge in [0.25, 0.3) is 0 Å². The fraction of sp³-hybridized carbons (Fsp3) is 0.684. The van der Waals surface area contributed by atoms with Crippen LogP contribution in [0.5, 0.6) is 0 Å². The molecular weight excluding hydrogens is 340 g/mol. The molecule has 0 aromatic rings. The fourth-order valence-electron chi connectivity index (χ4n) is 4.26. The second-order valence-electron chi connectivity index (χ2n) is 8.32. The lowest BCUT2D eigenvalue weighted by Gasteiger charge is -2.36. The van der Waals surface area contributed by atoms with Crippen molar-refractivity contribution in [2.45, 2.75) is 81.3 Å². The lowest BCUT2D eigenvalue weighted by Crippen LogP contribution is -2.56. The lowest BCUT2D eigenvalue weighted by atomic mass is 9.76. The average molecular weight is 364 g/mol. The van der Waals surface area contributed by atoms with Crippen LogP contribution >= 0.6 is 0 Å². The van der Waals surface area contributed by atoms with E-state index in [1.54, 1.807) is 0 Å². The molecule has 3 aliphatic heterocycles. The van der Waals surface area contributed by atoms with Gasteiger partial charge in [-0.05, 0) is 33.6 Å². The van der Waals surface area contributed by atoms with Gasteiger partial charge in [0, 0.05) is 12.0 Å². The summed E-state index contributed by atoms with van der Waals surface area (Å²) in [5, 5.41) is 11.5. The van der Waals surface area contributed by atoms with Crippen LogP contribution in [0.25, 0.3) is 0 Å². The van der Waals surface area contributed by atoms with E-state index in [0.717, 1.165) is 12.8 Å². The second kappa shape index (κ2) is 5.18. The molecule has 0 unspecified atom stereocenters. The number of esters is 2. The van der Waals surface area contributed by atoms with Crippen molar-refractivity contribution >= 4 is 11.9 Å². The Labute approximate surface area is 151 Å². The van der Waals surface area contributed by atoms with E-state index >= 15 is 0 Å². The second-order valence-corrected chi connectivity index (χ2v) is 8.32. The maximum Gasteiger partial charge on any atom is 0.337 e. The number of aliphatic hydroxyl groups is 1. The van der Waals surface area contributed by atoms with E-state index in [1.165, 1.54) is 6.92 Å². The van der Waals surface area contributed by atoms with Gasteiger partial charge in [-0.15, -0.1) is 0 Å². The largest absolute Gasteiger partial charge is 0.455 e. The summed E-state index contributed by atoms with van der Waals surface area (Å²) in [6.45, 7) is 12.7. The van der Waals surface area contributed by atoms with Crippen molar-refractivity contribution in [1.82, 2.24) is 0 Å². The highest BCUT2D eigenvalue weighted by atomic mass is 16.7. The summed E-state index contributed by atoms with van der Waals surface area (Å²) in [5.74, 6) is -1.35. The van der Waals surface area contributed by atoms with Gasteiger partial charge in [-0.3, -0.25) is 0 Å². The Morgan fingerprint density at radius 1 is 1.27 bits per heavy atom. The molecule has 26 heavy (non-hydrogen) atoms. The molecule has 0 radical (unpaired) electrons. The molecule has 4 aliphatic rings. The van der Waals surface area contributed by atoms with Crippen molar-refractivity contribution in [3.05, 3.63) is 24.3 Å². The van der Waals surface area contributed by atoms with Crippen molar-refractivity contribution in [1.29, 1.82) is 0 Å². The normalized spacial score (nSPS) is 49.2. The van der Waals surface area contributed by atoms with Crippen LogP contribution in [-0.2, 0) is 28.5 Å². The third kappa shape index (κ3) is 2.37. The van der Waals surface area contributed by atoms with Crippen molar-refractivity contribution in [3.63, 3.8) is 0 Å². The van der Waals surface area contributed by atoms with Gasteiger partial charge in [-0.2, -0.15) is 0 Å². The van der Waals surface area contributed by atoms with E-state index in [1.807, 2.05) is 13.8 Å². The van der Waals surface area contributed by atoms with Crippen molar-refractivity contribution in [2.24, 2.45) is 0 Å². The fourth-order valence-corrected chi connectivity index (χ4v) is 4.26. The zero-order valence-electron chi connectivity index (χ0n) is 15.2. The SMILES string of the molecule is C=C(C)C(=O)O[C@@H]1C[C@@]2(C)O[C@H]2CC[C@@]2(C)O[C@@H]2[C@H]2OC(=O)C(=C)[C@@]21O. The molecule has 7 nitrogen and oxygen atoms in total. The van der Waals surface area contributed by atoms with Crippen LogP contribution in [0.3, 0.4) is 0 Å². The summed E-state index contributed by atoms with van der Waals surface area (Å²) in [6.07, 6.45) is -0.795. The summed E-state index contributed by atoms with van der Waals surface area (Å²) in [5.41, 5.74) is -2.87. The number of hydrogen-bond donors (Lipinski definition) is 1. The molecule has 0 bridgehead atoms. The van der Waals surface area contributed by atoms with Crippen LogP contribution in [0.1, 0.15) is 40.0 Å². The van der Waals surface area contributed by atoms with Gasteiger partial charge in [-0.1, -0.05) is 13.2 Å². The first-order chi connectivity index (χ1) is 12.0. The first-order valence-electron chi connectivity index (χ1n) is 8.86. The maximum absolute atomic E-state index is 12.2. The van der Waals surface area contributed by atoms with E-state index in [9.17, 15) is 14.7 Å². The number of rotatable bonds is 2. The summed E-state index contributed by atoms with van der Waals surface area (Å²) >= 11 is 0. The zero-order chi connectivity index (χ0) is 19.1. The smallest absolute Gasteiger partial charge is 0.337 e. The minimum atomic E-state index is -1.87. The number of carbonyl (C=O) groups excluding carboxylic acids is 2. The van der Waals surface area contributed by atoms with Crippen molar-refractivity contribution in [3.8, 4) is 0 Å². The minimum Gasteiger partial charge on any atom is -0.455 e. The average Bonchev–Trinajstić information content (AvgIpc) is 3.40. The summed E-state index contributed by atoms with van der Waals surface area (Å²) in [4.78, 5) is 24.4. The molecule has 1 aliphatic carbocycles. The van der Waals surface area contributed by atoms with E-state index in [0.29, 0.717) is 0 Å². The first kappa shape index (κ1) is 17.7. The van der Waals surface area contributed by atoms with Crippen molar-refractivity contribution < 1.29 is 33.6 Å². The quantitative estimate of drug-likeness (QED) is 0.446. The molecule has 142 valence electrons. The molecule has 0 aromatic heterocycles. The Morgan fingerprint density at radius 2 is 1.96 bits per heavy atom. The van der Waals surface area contributed by atoms with Crippen LogP contribution in [0, 0.1) is 0 Å². The number of hydrogen-bond acceptors (Lipinski definition) is 7. The Kier molecular flexibility index (Phi) is 3.53. The molecule has 3 heterocycles. The Balaban J connectivity index is 1.75. The first-order valence-corrected chi connectivity index (χ1v) is 8.86. The van der Waals surface area contributed by atoms with Gasteiger partial charge in [0.2, 0.25) is 0 Å². The zero-order valence-corrected chi connectivity index (χ0v) is 15.2. The molecule has 4 rings (SSSR count). The number of carbonyl (C=O) groups is 2. The van der Waals surface area contributed by atoms with E-state index in [4.69, 9.17) is 18.9 Å². The van der Waals surface area contributed by atoms with Gasteiger partial charge >= 0.3 is 11.9 Å². The molecule has 1 saturated carbocycles. The van der Waals surface area contributed by atoms with Crippen LogP contribution in [-0.4, -0.2) is 58.3 Å². The van der Waals surface area contributed by atoms with E-state index < -0.39 is 47.1 Å². The number of epoxide rings is 2. The maximum atomic E-state index is 12.2. The highest BCUT2D eigenvalue weighted by Gasteiger charge is 2.72. The van der Waals surface area contributed by atoms with Crippen LogP contribution in [0.2, 0.25) is 0 Å². The standard InChI is InChI=1S/C19H24O7/c1-9(2)15(20)23-12-8-18(5)11(25-18)6-7-17(4)13(26-17)14-19(12,22)10(3)16(21)24-14/h11-14,22H,1,3,6-8H2,2,4-5H3/t11-,12+,13+,14+,17+,18+,19-/m0/s1. The Hall–Kier alpha value is -1.70. The molecular formula is C19H24O7. The third-order valence-corrected chi connectivity index (χ3v) is 6.23. The third-order valence-electron chi connectivity index (χ3n) is 6.23.